The normalized spacial score (nSPS) is 21.3. The molecule has 0 radical (unpaired) electrons. The first-order valence-electron chi connectivity index (χ1n) is 26.4. The summed E-state index contributed by atoms with van der Waals surface area (Å²) in [5.41, 5.74) is 0.943. The Morgan fingerprint density at radius 3 is 1.65 bits per heavy atom. The molecule has 0 N–H and O–H groups in total. The minimum absolute atomic E-state index is 0.113. The van der Waals surface area contributed by atoms with Crippen molar-refractivity contribution >= 4 is 29.6 Å². The monoisotopic (exact) mass is 1120 g/mol. The third-order valence-corrected chi connectivity index (χ3v) is 14.6. The summed E-state index contributed by atoms with van der Waals surface area (Å²) < 4.78 is 79.5. The molecular weight excluding hydrogens is 1070 g/mol. The maximum atomic E-state index is 16.1. The second-order valence-electron chi connectivity index (χ2n) is 19.9. The van der Waals surface area contributed by atoms with Crippen molar-refractivity contribution in [3.05, 3.63) is 243 Å². The molecule has 5 aliphatic rings. The summed E-state index contributed by atoms with van der Waals surface area (Å²) in [4.78, 5) is 71.0. The molecule has 0 bridgehead atoms. The summed E-state index contributed by atoms with van der Waals surface area (Å²) in [5.74, 6) is -9.27. The van der Waals surface area contributed by atoms with E-state index >= 15 is 9.59 Å². The maximum Gasteiger partial charge on any atom is 0.339 e. The van der Waals surface area contributed by atoms with Gasteiger partial charge in [0, 0.05) is 64.9 Å². The van der Waals surface area contributed by atoms with Crippen LogP contribution in [0.15, 0.2) is 188 Å². The van der Waals surface area contributed by atoms with Crippen molar-refractivity contribution in [2.75, 3.05) is 6.61 Å². The fourth-order valence-corrected chi connectivity index (χ4v) is 11.0. The molecular formula is C64H47NO18. The number of fused-ring (bicyclic) bond motifs is 9. The van der Waals surface area contributed by atoms with Gasteiger partial charge in [0.05, 0.1) is 34.8 Å². The number of benzene rings is 8. The molecule has 13 rings (SSSR count). The summed E-state index contributed by atoms with van der Waals surface area (Å²) in [5, 5.41) is 12.3. The molecule has 0 aromatic heterocycles. The van der Waals surface area contributed by atoms with E-state index in [1.165, 1.54) is 30.3 Å². The first-order valence-corrected chi connectivity index (χ1v) is 26.4. The van der Waals surface area contributed by atoms with Crippen LogP contribution < -0.4 is 28.4 Å². The third-order valence-electron chi connectivity index (χ3n) is 14.6. The zero-order chi connectivity index (χ0) is 57.0. The Hall–Kier alpha value is -9.92. The Bertz CT molecular complexity index is 3770. The number of hydrogen-bond donors (Lipinski definition) is 0. The lowest BCUT2D eigenvalue weighted by Gasteiger charge is -2.48. The minimum atomic E-state index is -1.90. The third kappa shape index (κ3) is 9.30. The second-order valence-corrected chi connectivity index (χ2v) is 19.9. The van der Waals surface area contributed by atoms with Gasteiger partial charge in [0.15, 0.2) is 47.8 Å². The summed E-state index contributed by atoms with van der Waals surface area (Å²) in [7, 11) is 0. The highest BCUT2D eigenvalue weighted by Crippen LogP contribution is 2.63. The van der Waals surface area contributed by atoms with Gasteiger partial charge in [-0.05, 0) is 12.1 Å². The molecule has 6 atom stereocenters. The van der Waals surface area contributed by atoms with E-state index in [0.717, 1.165) is 13.8 Å². The Kier molecular flexibility index (Phi) is 13.4. The van der Waals surface area contributed by atoms with E-state index in [1.54, 1.807) is 140 Å². The van der Waals surface area contributed by atoms with Crippen molar-refractivity contribution in [1.29, 1.82) is 0 Å². The number of carbonyl (C=O) groups is 4. The number of hydrogen-bond acceptors (Lipinski definition) is 18. The smallest absolute Gasteiger partial charge is 0.339 e. The van der Waals surface area contributed by atoms with E-state index in [2.05, 4.69) is 0 Å². The lowest BCUT2D eigenvalue weighted by molar-refractivity contribution is -0.387. The van der Waals surface area contributed by atoms with Crippen LogP contribution in [0.25, 0.3) is 11.1 Å². The molecule has 2 fully saturated rings. The highest BCUT2D eigenvalue weighted by Gasteiger charge is 2.57. The van der Waals surface area contributed by atoms with Crippen LogP contribution in [0.5, 0.6) is 34.5 Å². The van der Waals surface area contributed by atoms with Gasteiger partial charge in [0.1, 0.15) is 12.2 Å². The average Bonchev–Trinajstić information content (AvgIpc) is 1.95. The fourth-order valence-electron chi connectivity index (χ4n) is 11.0. The number of rotatable bonds is 11. The number of para-hydroxylation sites is 1. The van der Waals surface area contributed by atoms with E-state index in [-0.39, 0.29) is 57.7 Å². The summed E-state index contributed by atoms with van der Waals surface area (Å²) in [6.45, 7) is 1.67. The Morgan fingerprint density at radius 2 is 1.07 bits per heavy atom. The molecule has 5 aliphatic heterocycles. The van der Waals surface area contributed by atoms with Crippen LogP contribution in [-0.2, 0) is 56.2 Å². The van der Waals surface area contributed by atoms with Crippen molar-refractivity contribution in [2.45, 2.75) is 69.0 Å². The molecule has 0 amide bonds. The maximum absolute atomic E-state index is 16.1. The van der Waals surface area contributed by atoms with Gasteiger partial charge < -0.3 is 56.8 Å². The zero-order valence-corrected chi connectivity index (χ0v) is 44.1. The van der Waals surface area contributed by atoms with Crippen LogP contribution in [0, 0.1) is 10.1 Å². The van der Waals surface area contributed by atoms with Crippen molar-refractivity contribution < 1.29 is 80.9 Å². The molecule has 8 aromatic rings. The molecule has 0 unspecified atom stereocenters. The molecule has 0 saturated carbocycles. The first-order chi connectivity index (χ1) is 40.4. The predicted octanol–water partition coefficient (Wildman–Crippen LogP) is 10.6. The van der Waals surface area contributed by atoms with Gasteiger partial charge in [-0.1, -0.05) is 164 Å². The molecule has 8 aromatic carbocycles. The minimum Gasteiger partial charge on any atom is -0.452 e. The van der Waals surface area contributed by atoms with Gasteiger partial charge in [0.2, 0.25) is 11.5 Å². The van der Waals surface area contributed by atoms with Crippen LogP contribution in [0.2, 0.25) is 0 Å². The second kappa shape index (κ2) is 21.2. The van der Waals surface area contributed by atoms with E-state index in [4.69, 9.17) is 56.8 Å². The van der Waals surface area contributed by atoms with E-state index < -0.39 is 101 Å². The first kappa shape index (κ1) is 52.5. The predicted molar refractivity (Wildman–Crippen MR) is 289 cm³/mol. The lowest BCUT2D eigenvalue weighted by atomic mass is 9.90. The number of nitro groups is 1. The standard InChI is InChI=1S/C64H47NO18/c1-36(66)74-47-32-44-51(56-53(47)81-64(83-56,42-27-14-6-15-28-42)43-29-16-7-17-30-43)50-45(33-48-54(55(50)75-37(2)67)82-63(80-48,40-23-10-4-11-24-40)41-25-12-5-13-26-41)60(69)78-58-57(77-59(44)68)52-49(35-73-61(79-52)38-20-8-3-9-21-38)76-62(58)72-34-39-22-18-19-31-46(39)65(70)71/h3-33,49,52,57-58,61-62H,34-35H2,1-2H3/t49-,52-,57+,58-,61-,62-/m1/s1. The molecule has 5 heterocycles. The van der Waals surface area contributed by atoms with Gasteiger partial charge in [-0.3, -0.25) is 19.7 Å². The molecule has 0 spiro atoms. The van der Waals surface area contributed by atoms with E-state index in [0.29, 0.717) is 27.8 Å². The van der Waals surface area contributed by atoms with Gasteiger partial charge in [0.25, 0.3) is 5.69 Å². The van der Waals surface area contributed by atoms with Gasteiger partial charge in [-0.25, -0.2) is 9.59 Å². The summed E-state index contributed by atoms with van der Waals surface area (Å²) in [6, 6.07) is 52.9. The molecule has 19 heteroatoms. The SMILES string of the molecule is CC(=O)Oc1cc2c(c3c1OC(c1ccccc1)(c1ccccc1)O3)-c1c(cc3c(c1OC(C)=O)OC(c1ccccc1)(c1ccccc1)O3)C(=O)O[C@H]1[C@H](OCc3ccccc3[N+](=O)[O-])O[C@@H]3CO[C@@H](c4ccccc4)O[C@H]3[C@@H]1OC2=O. The Labute approximate surface area is 472 Å². The van der Waals surface area contributed by atoms with Crippen LogP contribution in [0.4, 0.5) is 5.69 Å². The average molecular weight is 1120 g/mol. The van der Waals surface area contributed by atoms with Crippen molar-refractivity contribution in [1.82, 2.24) is 0 Å². The van der Waals surface area contributed by atoms with Gasteiger partial charge in [-0.2, -0.15) is 0 Å². The molecule has 0 aliphatic carbocycles. The van der Waals surface area contributed by atoms with Crippen LogP contribution in [-0.4, -0.2) is 66.1 Å². The molecule has 83 heavy (non-hydrogen) atoms. The fraction of sp³-hybridized carbons (Fsp3) is 0.188. The van der Waals surface area contributed by atoms with Crippen molar-refractivity contribution in [3.63, 3.8) is 0 Å². The largest absolute Gasteiger partial charge is 0.452 e. The number of nitro benzene ring substituents is 1. The Morgan fingerprint density at radius 1 is 0.566 bits per heavy atom. The Balaban J connectivity index is 1.07. The zero-order valence-electron chi connectivity index (χ0n) is 44.1. The highest BCUT2D eigenvalue weighted by molar-refractivity contribution is 6.09. The number of esters is 4. The van der Waals surface area contributed by atoms with E-state index in [9.17, 15) is 19.7 Å². The number of carbonyl (C=O) groups excluding carboxylic acids is 4. The quantitative estimate of drug-likeness (QED) is 0.0508. The highest BCUT2D eigenvalue weighted by atomic mass is 16.8. The molecule has 2 saturated heterocycles. The van der Waals surface area contributed by atoms with Crippen molar-refractivity contribution in [3.8, 4) is 45.6 Å². The van der Waals surface area contributed by atoms with Crippen LogP contribution in [0.3, 0.4) is 0 Å². The van der Waals surface area contributed by atoms with Gasteiger partial charge in [-0.15, -0.1) is 0 Å². The summed E-state index contributed by atoms with van der Waals surface area (Å²) in [6.07, 6.45) is -8.46. The molecule has 416 valence electrons. The van der Waals surface area contributed by atoms with Crippen LogP contribution >= 0.6 is 0 Å². The van der Waals surface area contributed by atoms with E-state index in [1.807, 2.05) is 18.2 Å². The van der Waals surface area contributed by atoms with Crippen LogP contribution in [0.1, 0.15) is 74.2 Å². The summed E-state index contributed by atoms with van der Waals surface area (Å²) >= 11 is 0. The lowest BCUT2D eigenvalue weighted by Crippen LogP contribution is -2.64. The van der Waals surface area contributed by atoms with Gasteiger partial charge >= 0.3 is 35.5 Å². The molecule has 19 nitrogen and oxygen atoms in total. The van der Waals surface area contributed by atoms with Crippen molar-refractivity contribution in [2.24, 2.45) is 0 Å². The number of nitrogens with zero attached hydrogens (tertiary/aromatic N) is 1. The number of ether oxygens (including phenoxy) is 12. The topological polar surface area (TPSA) is 222 Å².